The molecule has 1 aromatic carbocycles. The van der Waals surface area contributed by atoms with Crippen LogP contribution in [0.5, 0.6) is 0 Å². The van der Waals surface area contributed by atoms with Crippen molar-refractivity contribution in [1.29, 1.82) is 0 Å². The lowest BCUT2D eigenvalue weighted by Crippen LogP contribution is -2.21. The molecule has 0 aliphatic carbocycles. The number of aryl methyl sites for hydroxylation is 1. The fourth-order valence-corrected chi connectivity index (χ4v) is 1.72. The van der Waals surface area contributed by atoms with Crippen LogP contribution in [0.1, 0.15) is 37.3 Å². The van der Waals surface area contributed by atoms with Crippen LogP contribution in [0.2, 0.25) is 0 Å². The summed E-state index contributed by atoms with van der Waals surface area (Å²) < 4.78 is 0. The van der Waals surface area contributed by atoms with Crippen molar-refractivity contribution in [2.24, 2.45) is 5.73 Å². The van der Waals surface area contributed by atoms with Gasteiger partial charge in [0.05, 0.1) is 6.10 Å². The van der Waals surface area contributed by atoms with Crippen LogP contribution in [-0.2, 0) is 6.42 Å². The first-order valence-electron chi connectivity index (χ1n) is 5.64. The molecule has 0 aromatic heterocycles. The normalized spacial score (nSPS) is 14.9. The molecule has 0 heterocycles. The van der Waals surface area contributed by atoms with E-state index >= 15 is 0 Å². The highest BCUT2D eigenvalue weighted by molar-refractivity contribution is 5.25. The summed E-state index contributed by atoms with van der Waals surface area (Å²) in [7, 11) is 0. The molecule has 0 bridgehead atoms. The van der Waals surface area contributed by atoms with Crippen molar-refractivity contribution < 1.29 is 5.11 Å². The van der Waals surface area contributed by atoms with E-state index in [1.165, 1.54) is 11.1 Å². The zero-order valence-corrected chi connectivity index (χ0v) is 9.61. The van der Waals surface area contributed by atoms with Gasteiger partial charge in [-0.3, -0.25) is 0 Å². The SMILES string of the molecule is CCc1ccc(C(C)CC(O)CN)cc1. The zero-order chi connectivity index (χ0) is 11.3. The Morgan fingerprint density at radius 1 is 1.27 bits per heavy atom. The Balaban J connectivity index is 2.61. The summed E-state index contributed by atoms with van der Waals surface area (Å²) in [5.41, 5.74) is 8.02. The number of aliphatic hydroxyl groups excluding tert-OH is 1. The van der Waals surface area contributed by atoms with E-state index in [4.69, 9.17) is 5.73 Å². The van der Waals surface area contributed by atoms with E-state index in [1.54, 1.807) is 0 Å². The van der Waals surface area contributed by atoms with Crippen molar-refractivity contribution in [2.45, 2.75) is 38.7 Å². The molecule has 2 nitrogen and oxygen atoms in total. The maximum Gasteiger partial charge on any atom is 0.0668 e. The minimum atomic E-state index is -0.383. The van der Waals surface area contributed by atoms with Crippen molar-refractivity contribution in [1.82, 2.24) is 0 Å². The fraction of sp³-hybridized carbons (Fsp3) is 0.538. The van der Waals surface area contributed by atoms with Crippen LogP contribution in [-0.4, -0.2) is 17.8 Å². The minimum Gasteiger partial charge on any atom is -0.392 e. The number of nitrogens with two attached hydrogens (primary N) is 1. The van der Waals surface area contributed by atoms with Crippen molar-refractivity contribution >= 4 is 0 Å². The van der Waals surface area contributed by atoms with Gasteiger partial charge in [0.2, 0.25) is 0 Å². The monoisotopic (exact) mass is 207 g/mol. The summed E-state index contributed by atoms with van der Waals surface area (Å²) in [6.45, 7) is 4.62. The molecule has 0 spiro atoms. The number of rotatable bonds is 5. The molecule has 1 rings (SSSR count). The quantitative estimate of drug-likeness (QED) is 0.776. The summed E-state index contributed by atoms with van der Waals surface area (Å²) in [6, 6.07) is 8.60. The number of benzene rings is 1. The molecule has 0 fully saturated rings. The molecule has 0 aliphatic heterocycles. The van der Waals surface area contributed by atoms with Crippen molar-refractivity contribution in [2.75, 3.05) is 6.54 Å². The lowest BCUT2D eigenvalue weighted by Gasteiger charge is -2.15. The molecule has 0 saturated heterocycles. The van der Waals surface area contributed by atoms with Crippen molar-refractivity contribution in [3.63, 3.8) is 0 Å². The van der Waals surface area contributed by atoms with Gasteiger partial charge < -0.3 is 10.8 Å². The average Bonchev–Trinajstić information content (AvgIpc) is 2.29. The van der Waals surface area contributed by atoms with E-state index in [-0.39, 0.29) is 6.10 Å². The first-order chi connectivity index (χ1) is 7.17. The molecule has 84 valence electrons. The molecule has 0 saturated carbocycles. The number of hydrogen-bond donors (Lipinski definition) is 2. The fourth-order valence-electron chi connectivity index (χ4n) is 1.72. The number of aliphatic hydroxyl groups is 1. The molecule has 3 N–H and O–H groups in total. The van der Waals surface area contributed by atoms with E-state index in [2.05, 4.69) is 38.1 Å². The number of hydrogen-bond acceptors (Lipinski definition) is 2. The van der Waals surface area contributed by atoms with E-state index in [0.717, 1.165) is 12.8 Å². The van der Waals surface area contributed by atoms with Gasteiger partial charge in [-0.25, -0.2) is 0 Å². The summed E-state index contributed by atoms with van der Waals surface area (Å²) in [5.74, 6) is 0.370. The Morgan fingerprint density at radius 2 is 1.87 bits per heavy atom. The van der Waals surface area contributed by atoms with Crippen LogP contribution < -0.4 is 5.73 Å². The molecule has 2 heteroatoms. The van der Waals surface area contributed by atoms with Crippen LogP contribution in [0.3, 0.4) is 0 Å². The van der Waals surface area contributed by atoms with Crippen LogP contribution in [0.4, 0.5) is 0 Å². The van der Waals surface area contributed by atoms with Crippen molar-refractivity contribution in [3.05, 3.63) is 35.4 Å². The lowest BCUT2D eigenvalue weighted by molar-refractivity contribution is 0.165. The maximum absolute atomic E-state index is 9.47. The van der Waals surface area contributed by atoms with Gasteiger partial charge in [0.1, 0.15) is 0 Å². The van der Waals surface area contributed by atoms with Gasteiger partial charge >= 0.3 is 0 Å². The Kier molecular flexibility index (Phi) is 4.79. The second-order valence-corrected chi connectivity index (χ2v) is 4.12. The van der Waals surface area contributed by atoms with Gasteiger partial charge in [0.15, 0.2) is 0 Å². The standard InChI is InChI=1S/C13H21NO/c1-3-11-4-6-12(7-5-11)10(2)8-13(15)9-14/h4-7,10,13,15H,3,8-9,14H2,1-2H3. The highest BCUT2D eigenvalue weighted by Crippen LogP contribution is 2.20. The summed E-state index contributed by atoms with van der Waals surface area (Å²) in [4.78, 5) is 0. The largest absolute Gasteiger partial charge is 0.392 e. The molecule has 1 aromatic rings. The summed E-state index contributed by atoms with van der Waals surface area (Å²) in [5, 5.41) is 9.47. The smallest absolute Gasteiger partial charge is 0.0668 e. The third-order valence-corrected chi connectivity index (χ3v) is 2.85. The van der Waals surface area contributed by atoms with Gasteiger partial charge in [-0.05, 0) is 29.9 Å². The van der Waals surface area contributed by atoms with Crippen LogP contribution in [0.15, 0.2) is 24.3 Å². The van der Waals surface area contributed by atoms with Gasteiger partial charge in [-0.2, -0.15) is 0 Å². The third-order valence-electron chi connectivity index (χ3n) is 2.85. The molecule has 0 aliphatic rings. The Morgan fingerprint density at radius 3 is 2.33 bits per heavy atom. The average molecular weight is 207 g/mol. The first kappa shape index (κ1) is 12.2. The van der Waals surface area contributed by atoms with Gasteiger partial charge in [-0.15, -0.1) is 0 Å². The zero-order valence-electron chi connectivity index (χ0n) is 9.61. The molecule has 2 unspecified atom stereocenters. The van der Waals surface area contributed by atoms with Gasteiger partial charge in [0.25, 0.3) is 0 Å². The predicted molar refractivity (Wildman–Crippen MR) is 63.9 cm³/mol. The summed E-state index contributed by atoms with van der Waals surface area (Å²) in [6.07, 6.45) is 1.42. The molecule has 2 atom stereocenters. The molecule has 15 heavy (non-hydrogen) atoms. The Hall–Kier alpha value is -0.860. The van der Waals surface area contributed by atoms with Crippen LogP contribution in [0, 0.1) is 0 Å². The second-order valence-electron chi connectivity index (χ2n) is 4.12. The van der Waals surface area contributed by atoms with Crippen molar-refractivity contribution in [3.8, 4) is 0 Å². The topological polar surface area (TPSA) is 46.2 Å². The van der Waals surface area contributed by atoms with Crippen LogP contribution >= 0.6 is 0 Å². The Bertz CT molecular complexity index is 281. The highest BCUT2D eigenvalue weighted by Gasteiger charge is 2.10. The molecule has 0 amide bonds. The third kappa shape index (κ3) is 3.65. The predicted octanol–water partition coefficient (Wildman–Crippen LogP) is 2.06. The first-order valence-corrected chi connectivity index (χ1v) is 5.64. The van der Waals surface area contributed by atoms with Crippen LogP contribution in [0.25, 0.3) is 0 Å². The highest BCUT2D eigenvalue weighted by atomic mass is 16.3. The molecule has 0 radical (unpaired) electrons. The lowest BCUT2D eigenvalue weighted by atomic mass is 9.94. The van der Waals surface area contributed by atoms with E-state index in [1.807, 2.05) is 0 Å². The van der Waals surface area contributed by atoms with Gasteiger partial charge in [-0.1, -0.05) is 38.1 Å². The molecular formula is C13H21NO. The summed E-state index contributed by atoms with van der Waals surface area (Å²) >= 11 is 0. The molecular weight excluding hydrogens is 186 g/mol. The van der Waals surface area contributed by atoms with E-state index in [9.17, 15) is 5.11 Å². The van der Waals surface area contributed by atoms with Gasteiger partial charge in [0, 0.05) is 6.54 Å². The van der Waals surface area contributed by atoms with E-state index < -0.39 is 0 Å². The van der Waals surface area contributed by atoms with E-state index in [0.29, 0.717) is 12.5 Å². The Labute approximate surface area is 92.1 Å². The minimum absolute atomic E-state index is 0.345. The second kappa shape index (κ2) is 5.89. The maximum atomic E-state index is 9.47.